The molecule has 0 bridgehead atoms. The zero-order valence-corrected chi connectivity index (χ0v) is 45.7. The third-order valence-corrected chi connectivity index (χ3v) is 17.1. The molecule has 0 amide bonds. The van der Waals surface area contributed by atoms with Crippen molar-refractivity contribution in [3.63, 3.8) is 0 Å². The second kappa shape index (κ2) is 20.9. The molecular weight excluding hydrogens is 1010 g/mol. The molecule has 2 aromatic heterocycles. The average molecular weight is 1060 g/mol. The van der Waals surface area contributed by atoms with Crippen LogP contribution < -0.4 is 9.80 Å². The number of benzene rings is 13. The lowest BCUT2D eigenvalue weighted by Gasteiger charge is -2.31. The molecule has 2 heterocycles. The third kappa shape index (κ3) is 8.79. The van der Waals surface area contributed by atoms with Crippen molar-refractivity contribution in [2.75, 3.05) is 9.80 Å². The average Bonchev–Trinajstić information content (AvgIpc) is 3.78. The van der Waals surface area contributed by atoms with Gasteiger partial charge in [0.05, 0.1) is 21.4 Å². The highest BCUT2D eigenvalue weighted by atomic mass is 32.1. The van der Waals surface area contributed by atoms with Gasteiger partial charge in [-0.2, -0.15) is 0 Å². The predicted octanol–water partition coefficient (Wildman–Crippen LogP) is 22.4. The van der Waals surface area contributed by atoms with E-state index in [2.05, 4.69) is 336 Å². The Labute approximate surface area is 481 Å². The summed E-state index contributed by atoms with van der Waals surface area (Å²) in [6.45, 7) is 0. The van der Waals surface area contributed by atoms with Gasteiger partial charge in [-0.3, -0.25) is 0 Å². The van der Waals surface area contributed by atoms with Crippen LogP contribution in [0.25, 0.3) is 103 Å². The van der Waals surface area contributed by atoms with Gasteiger partial charge in [-0.15, -0.1) is 11.3 Å². The number of fused-ring (bicyclic) bond motifs is 7. The number of aromatic nitrogens is 1. The summed E-state index contributed by atoms with van der Waals surface area (Å²) in [4.78, 5) is 4.90. The molecule has 82 heavy (non-hydrogen) atoms. The fourth-order valence-corrected chi connectivity index (χ4v) is 13.4. The van der Waals surface area contributed by atoms with Crippen molar-refractivity contribution in [3.05, 3.63) is 322 Å². The Bertz CT molecular complexity index is 4680. The largest absolute Gasteiger partial charge is 0.310 e. The van der Waals surface area contributed by atoms with E-state index in [1.807, 2.05) is 11.3 Å². The maximum Gasteiger partial charge on any atom is 0.0726 e. The molecule has 0 unspecified atom stereocenters. The summed E-state index contributed by atoms with van der Waals surface area (Å²) in [7, 11) is 0. The third-order valence-electron chi connectivity index (χ3n) is 15.9. The maximum absolute atomic E-state index is 2.53. The molecule has 0 atom stereocenters. The maximum atomic E-state index is 2.53. The van der Waals surface area contributed by atoms with Crippen molar-refractivity contribution in [1.29, 1.82) is 0 Å². The first-order valence-electron chi connectivity index (χ1n) is 28.0. The van der Waals surface area contributed by atoms with Crippen LogP contribution in [0, 0.1) is 0 Å². The lowest BCUT2D eigenvalue weighted by molar-refractivity contribution is 1.19. The van der Waals surface area contributed by atoms with Crippen LogP contribution >= 0.6 is 11.3 Å². The van der Waals surface area contributed by atoms with Crippen LogP contribution in [0.5, 0.6) is 0 Å². The lowest BCUT2D eigenvalue weighted by atomic mass is 9.95. The van der Waals surface area contributed by atoms with Crippen molar-refractivity contribution < 1.29 is 0 Å². The van der Waals surface area contributed by atoms with E-state index in [0.717, 1.165) is 78.7 Å². The van der Waals surface area contributed by atoms with Crippen LogP contribution in [-0.4, -0.2) is 4.57 Å². The number of anilines is 6. The van der Waals surface area contributed by atoms with Gasteiger partial charge in [0.15, 0.2) is 0 Å². The van der Waals surface area contributed by atoms with Gasteiger partial charge in [-0.25, -0.2) is 0 Å². The van der Waals surface area contributed by atoms with E-state index in [1.54, 1.807) is 0 Å². The van der Waals surface area contributed by atoms with Crippen LogP contribution in [0.3, 0.4) is 0 Å². The van der Waals surface area contributed by atoms with Gasteiger partial charge in [0, 0.05) is 65.9 Å². The van der Waals surface area contributed by atoms with Gasteiger partial charge in [0.25, 0.3) is 0 Å². The van der Waals surface area contributed by atoms with Crippen molar-refractivity contribution in [2.24, 2.45) is 0 Å². The van der Waals surface area contributed by atoms with Gasteiger partial charge >= 0.3 is 0 Å². The molecule has 0 aliphatic rings. The Balaban J connectivity index is 1.05. The van der Waals surface area contributed by atoms with Gasteiger partial charge in [-0.1, -0.05) is 231 Å². The van der Waals surface area contributed by atoms with Crippen molar-refractivity contribution in [2.45, 2.75) is 0 Å². The Morgan fingerprint density at radius 2 is 0.744 bits per heavy atom. The molecule has 4 heteroatoms. The zero-order valence-electron chi connectivity index (χ0n) is 44.8. The first-order chi connectivity index (χ1) is 40.7. The van der Waals surface area contributed by atoms with Gasteiger partial charge < -0.3 is 14.4 Å². The van der Waals surface area contributed by atoms with Crippen molar-refractivity contribution in [3.8, 4) is 61.3 Å². The SMILES string of the molecule is c1ccc(-c2ccc(N(c3ccc(-c4ccccc4)cc3)c3cc(-c4cc5c6ccccc6sc5c5c4c4ccccc4n5-c4cccc(-c5ccccc5)c4)cc(N(c4ccccc4)c4ccccc4-c4ccccc4)c3)cc2)cc1. The van der Waals surface area contributed by atoms with Crippen molar-refractivity contribution in [1.82, 2.24) is 4.57 Å². The highest BCUT2D eigenvalue weighted by molar-refractivity contribution is 7.26. The molecule has 0 fully saturated rings. The van der Waals surface area contributed by atoms with Gasteiger partial charge in [-0.05, 0) is 141 Å². The van der Waals surface area contributed by atoms with Crippen molar-refractivity contribution >= 4 is 87.4 Å². The molecule has 0 N–H and O–H groups in total. The molecule has 3 nitrogen and oxygen atoms in total. The second-order valence-corrected chi connectivity index (χ2v) is 21.9. The molecule has 0 aliphatic heterocycles. The Hall–Kier alpha value is -10.5. The molecule has 0 radical (unpaired) electrons. The lowest BCUT2D eigenvalue weighted by Crippen LogP contribution is -2.14. The molecule has 15 aromatic rings. The van der Waals surface area contributed by atoms with Gasteiger partial charge in [0.2, 0.25) is 0 Å². The van der Waals surface area contributed by atoms with E-state index in [0.29, 0.717) is 0 Å². The first-order valence-corrected chi connectivity index (χ1v) is 28.8. The number of nitrogens with zero attached hydrogens (tertiary/aromatic N) is 3. The molecular formula is C78H53N3S. The minimum absolute atomic E-state index is 1.02. The van der Waals surface area contributed by atoms with E-state index < -0.39 is 0 Å². The highest BCUT2D eigenvalue weighted by Crippen LogP contribution is 2.51. The summed E-state index contributed by atoms with van der Waals surface area (Å²) < 4.78 is 5.06. The fourth-order valence-electron chi connectivity index (χ4n) is 12.1. The van der Waals surface area contributed by atoms with Crippen LogP contribution in [0.4, 0.5) is 34.1 Å². The molecule has 0 saturated carbocycles. The molecule has 15 rings (SSSR count). The van der Waals surface area contributed by atoms with E-state index in [9.17, 15) is 0 Å². The molecule has 0 saturated heterocycles. The number of thiophene rings is 1. The summed E-state index contributed by atoms with van der Waals surface area (Å²) in [5, 5.41) is 4.89. The van der Waals surface area contributed by atoms with E-state index >= 15 is 0 Å². The predicted molar refractivity (Wildman–Crippen MR) is 350 cm³/mol. The monoisotopic (exact) mass is 1060 g/mol. The van der Waals surface area contributed by atoms with E-state index in [1.165, 1.54) is 58.7 Å². The number of hydrogen-bond acceptors (Lipinski definition) is 3. The van der Waals surface area contributed by atoms with Crippen LogP contribution in [-0.2, 0) is 0 Å². The number of hydrogen-bond donors (Lipinski definition) is 0. The summed E-state index contributed by atoms with van der Waals surface area (Å²) in [6, 6.07) is 117. The topological polar surface area (TPSA) is 11.4 Å². The minimum Gasteiger partial charge on any atom is -0.310 e. The quantitative estimate of drug-likeness (QED) is 0.121. The summed E-state index contributed by atoms with van der Waals surface area (Å²) >= 11 is 1.89. The number of para-hydroxylation sites is 3. The van der Waals surface area contributed by atoms with Crippen LogP contribution in [0.1, 0.15) is 0 Å². The van der Waals surface area contributed by atoms with Crippen LogP contribution in [0.2, 0.25) is 0 Å². The zero-order chi connectivity index (χ0) is 54.3. The smallest absolute Gasteiger partial charge is 0.0726 e. The molecule has 0 aliphatic carbocycles. The highest BCUT2D eigenvalue weighted by Gasteiger charge is 2.26. The molecule has 13 aromatic carbocycles. The first kappa shape index (κ1) is 48.6. The molecule has 386 valence electrons. The Morgan fingerprint density at radius 3 is 1.38 bits per heavy atom. The Kier molecular flexibility index (Phi) is 12.4. The fraction of sp³-hybridized carbons (Fsp3) is 0. The van der Waals surface area contributed by atoms with E-state index in [4.69, 9.17) is 0 Å². The second-order valence-electron chi connectivity index (χ2n) is 20.8. The van der Waals surface area contributed by atoms with Gasteiger partial charge in [0.1, 0.15) is 0 Å². The minimum atomic E-state index is 1.02. The summed E-state index contributed by atoms with van der Waals surface area (Å²) in [6.07, 6.45) is 0. The summed E-state index contributed by atoms with van der Waals surface area (Å²) in [5.74, 6) is 0. The standard InChI is InChI=1S/C78H53N3S/c1-6-23-54(24-7-1)57-41-45-63(46-42-57)79(64-47-43-58(44-48-64)55-25-8-2-9-26-55)66-50-61(51-67(52-66)80(62-32-14-5-15-33-62)73-38-19-16-35-68(73)59-29-12-4-13-30-59)71-53-72-69-36-18-21-40-75(69)82-78(72)77-76(71)70-37-17-20-39-74(70)81(77)65-34-22-31-60(49-65)56-27-10-3-11-28-56/h1-53H. The Morgan fingerprint density at radius 1 is 0.268 bits per heavy atom. The summed E-state index contributed by atoms with van der Waals surface area (Å²) in [5.41, 5.74) is 21.3. The molecule has 0 spiro atoms. The number of rotatable bonds is 12. The van der Waals surface area contributed by atoms with E-state index in [-0.39, 0.29) is 0 Å². The normalized spacial score (nSPS) is 11.4. The van der Waals surface area contributed by atoms with Crippen LogP contribution in [0.15, 0.2) is 322 Å².